The summed E-state index contributed by atoms with van der Waals surface area (Å²) in [5.74, 6) is -2.59. The van der Waals surface area contributed by atoms with Crippen molar-refractivity contribution in [3.63, 3.8) is 0 Å². The summed E-state index contributed by atoms with van der Waals surface area (Å²) in [6.07, 6.45) is -0.222. The number of amides is 2. The summed E-state index contributed by atoms with van der Waals surface area (Å²) in [7, 11) is 0. The van der Waals surface area contributed by atoms with E-state index in [1.807, 2.05) is 0 Å². The molecule has 2 aromatic carbocycles. The quantitative estimate of drug-likeness (QED) is 0.456. The van der Waals surface area contributed by atoms with E-state index in [9.17, 15) is 23.6 Å². The molecule has 0 radical (unpaired) electrons. The SMILES string of the molecule is CC(=O)c1ccc(NC(=O)[C@H]2CC(=O)Nc3nc(Nc4ccc(F)cc4)[nH]c(=O)c32)cc1. The number of nitrogens with zero attached hydrogens (tertiary/aromatic N) is 1. The molecular weight excluding hydrogens is 417 g/mol. The summed E-state index contributed by atoms with van der Waals surface area (Å²) in [6, 6.07) is 11.7. The third kappa shape index (κ3) is 4.38. The standard InChI is InChI=1S/C22H18FN5O4/c1-11(29)12-2-6-14(7-3-12)24-20(31)16-10-17(30)26-19-18(16)21(32)28-22(27-19)25-15-8-4-13(23)5-9-15/h2-9,16H,10H2,1H3,(H,24,31)(H3,25,26,27,28,30,32)/t16-/m0/s1. The molecule has 0 unspecified atom stereocenters. The second kappa shape index (κ2) is 8.42. The summed E-state index contributed by atoms with van der Waals surface area (Å²) in [6.45, 7) is 1.43. The minimum atomic E-state index is -1.05. The monoisotopic (exact) mass is 435 g/mol. The molecule has 4 rings (SSSR count). The van der Waals surface area contributed by atoms with Gasteiger partial charge in [-0.2, -0.15) is 4.98 Å². The van der Waals surface area contributed by atoms with E-state index < -0.39 is 29.1 Å². The van der Waals surface area contributed by atoms with E-state index in [1.165, 1.54) is 31.2 Å². The molecule has 0 saturated heterocycles. The molecule has 0 saturated carbocycles. The number of aromatic nitrogens is 2. The third-order valence-corrected chi connectivity index (χ3v) is 4.93. The highest BCUT2D eigenvalue weighted by Crippen LogP contribution is 2.30. The molecule has 10 heteroatoms. The molecule has 4 N–H and O–H groups in total. The number of halogens is 1. The number of anilines is 4. The molecule has 0 bridgehead atoms. The third-order valence-electron chi connectivity index (χ3n) is 4.93. The zero-order chi connectivity index (χ0) is 22.8. The summed E-state index contributed by atoms with van der Waals surface area (Å²) >= 11 is 0. The number of hydrogen-bond acceptors (Lipinski definition) is 6. The van der Waals surface area contributed by atoms with Crippen LogP contribution in [0.2, 0.25) is 0 Å². The largest absolute Gasteiger partial charge is 0.326 e. The normalized spacial score (nSPS) is 14.8. The Hall–Kier alpha value is -4.34. The predicted molar refractivity (Wildman–Crippen MR) is 116 cm³/mol. The van der Waals surface area contributed by atoms with Crippen LogP contribution in [-0.2, 0) is 9.59 Å². The molecule has 1 aromatic heterocycles. The Labute approximate surface area is 181 Å². The van der Waals surface area contributed by atoms with Crippen molar-refractivity contribution in [1.82, 2.24) is 9.97 Å². The van der Waals surface area contributed by atoms with Crippen LogP contribution >= 0.6 is 0 Å². The van der Waals surface area contributed by atoms with Gasteiger partial charge in [-0.25, -0.2) is 4.39 Å². The number of ketones is 1. The second-order valence-corrected chi connectivity index (χ2v) is 7.24. The van der Waals surface area contributed by atoms with Gasteiger partial charge in [-0.05, 0) is 55.5 Å². The first kappa shape index (κ1) is 20.9. The molecular formula is C22H18FN5O4. The summed E-state index contributed by atoms with van der Waals surface area (Å²) < 4.78 is 13.1. The number of hydrogen-bond donors (Lipinski definition) is 4. The first-order valence-corrected chi connectivity index (χ1v) is 9.68. The second-order valence-electron chi connectivity index (χ2n) is 7.24. The number of nitrogens with one attached hydrogen (secondary N) is 4. The van der Waals surface area contributed by atoms with Crippen molar-refractivity contribution in [1.29, 1.82) is 0 Å². The van der Waals surface area contributed by atoms with Gasteiger partial charge in [0, 0.05) is 23.4 Å². The predicted octanol–water partition coefficient (Wildman–Crippen LogP) is 2.92. The highest BCUT2D eigenvalue weighted by molar-refractivity contribution is 6.04. The lowest BCUT2D eigenvalue weighted by Gasteiger charge is -2.23. The highest BCUT2D eigenvalue weighted by Gasteiger charge is 2.34. The minimum Gasteiger partial charge on any atom is -0.326 e. The van der Waals surface area contributed by atoms with E-state index in [-0.39, 0.29) is 29.5 Å². The molecule has 1 aliphatic rings. The Morgan fingerprint density at radius 2 is 1.69 bits per heavy atom. The lowest BCUT2D eigenvalue weighted by molar-refractivity contribution is -0.123. The van der Waals surface area contributed by atoms with E-state index >= 15 is 0 Å². The van der Waals surface area contributed by atoms with Crippen LogP contribution in [0.5, 0.6) is 0 Å². The number of benzene rings is 2. The molecule has 9 nitrogen and oxygen atoms in total. The first-order valence-electron chi connectivity index (χ1n) is 9.68. The van der Waals surface area contributed by atoms with Crippen LogP contribution in [0, 0.1) is 5.82 Å². The van der Waals surface area contributed by atoms with Crippen LogP contribution in [0.1, 0.15) is 35.2 Å². The van der Waals surface area contributed by atoms with E-state index in [0.717, 1.165) is 0 Å². The zero-order valence-electron chi connectivity index (χ0n) is 16.9. The average molecular weight is 435 g/mol. The molecule has 0 spiro atoms. The van der Waals surface area contributed by atoms with E-state index in [0.29, 0.717) is 16.9 Å². The number of fused-ring (bicyclic) bond motifs is 1. The Kier molecular flexibility index (Phi) is 5.50. The molecule has 2 amide bonds. The van der Waals surface area contributed by atoms with Crippen LogP contribution in [0.3, 0.4) is 0 Å². The number of carbonyl (C=O) groups is 3. The number of Topliss-reactive ketones (excluding diaryl/α,β-unsaturated/α-hetero) is 1. The number of H-pyrrole nitrogens is 1. The van der Waals surface area contributed by atoms with Crippen LogP contribution in [-0.4, -0.2) is 27.6 Å². The van der Waals surface area contributed by atoms with Gasteiger partial charge >= 0.3 is 0 Å². The maximum Gasteiger partial charge on any atom is 0.258 e. The summed E-state index contributed by atoms with van der Waals surface area (Å²) in [4.78, 5) is 56.0. The van der Waals surface area contributed by atoms with Gasteiger partial charge in [0.05, 0.1) is 11.5 Å². The van der Waals surface area contributed by atoms with Crippen LogP contribution in [0.15, 0.2) is 53.3 Å². The fraction of sp³-hybridized carbons (Fsp3) is 0.136. The van der Waals surface area contributed by atoms with E-state index in [2.05, 4.69) is 25.9 Å². The highest BCUT2D eigenvalue weighted by atomic mass is 19.1. The molecule has 32 heavy (non-hydrogen) atoms. The van der Waals surface area contributed by atoms with Gasteiger partial charge in [-0.1, -0.05) is 0 Å². The fourth-order valence-corrected chi connectivity index (χ4v) is 3.34. The van der Waals surface area contributed by atoms with Gasteiger partial charge in [0.2, 0.25) is 17.8 Å². The van der Waals surface area contributed by atoms with Crippen molar-refractivity contribution < 1.29 is 18.8 Å². The maximum absolute atomic E-state index is 13.1. The smallest absolute Gasteiger partial charge is 0.258 e. The molecule has 0 aliphatic carbocycles. The lowest BCUT2D eigenvalue weighted by atomic mass is 9.92. The number of rotatable bonds is 5. The summed E-state index contributed by atoms with van der Waals surface area (Å²) in [5.41, 5.74) is 0.831. The van der Waals surface area contributed by atoms with Crippen molar-refractivity contribution in [2.24, 2.45) is 0 Å². The molecule has 3 aromatic rings. The van der Waals surface area contributed by atoms with Gasteiger partial charge in [-0.3, -0.25) is 24.2 Å². The van der Waals surface area contributed by atoms with Crippen molar-refractivity contribution >= 4 is 40.7 Å². The van der Waals surface area contributed by atoms with Crippen LogP contribution in [0.25, 0.3) is 0 Å². The van der Waals surface area contributed by atoms with Crippen LogP contribution < -0.4 is 21.5 Å². The van der Waals surface area contributed by atoms with E-state index in [1.54, 1.807) is 24.3 Å². The number of aromatic amines is 1. The Balaban J connectivity index is 1.59. The number of carbonyl (C=O) groups excluding carboxylic acids is 3. The van der Waals surface area contributed by atoms with Crippen molar-refractivity contribution in [3.8, 4) is 0 Å². The lowest BCUT2D eigenvalue weighted by Crippen LogP contribution is -2.36. The molecule has 1 atom stereocenters. The van der Waals surface area contributed by atoms with Crippen molar-refractivity contribution in [3.05, 3.63) is 75.8 Å². The Morgan fingerprint density at radius 1 is 1.03 bits per heavy atom. The zero-order valence-corrected chi connectivity index (χ0v) is 16.9. The Bertz CT molecular complexity index is 1270. The fourth-order valence-electron chi connectivity index (χ4n) is 3.34. The molecule has 2 heterocycles. The van der Waals surface area contributed by atoms with Gasteiger partial charge in [-0.15, -0.1) is 0 Å². The molecule has 162 valence electrons. The van der Waals surface area contributed by atoms with Gasteiger partial charge in [0.1, 0.15) is 11.6 Å². The molecule has 0 fully saturated rings. The van der Waals surface area contributed by atoms with Gasteiger partial charge in [0.25, 0.3) is 5.56 Å². The minimum absolute atomic E-state index is 0.0262. The van der Waals surface area contributed by atoms with Crippen molar-refractivity contribution in [2.45, 2.75) is 19.3 Å². The Morgan fingerprint density at radius 3 is 2.34 bits per heavy atom. The van der Waals surface area contributed by atoms with Crippen LogP contribution in [0.4, 0.5) is 27.5 Å². The van der Waals surface area contributed by atoms with E-state index in [4.69, 9.17) is 0 Å². The van der Waals surface area contributed by atoms with Crippen molar-refractivity contribution in [2.75, 3.05) is 16.0 Å². The topological polar surface area (TPSA) is 133 Å². The maximum atomic E-state index is 13.1. The molecule has 1 aliphatic heterocycles. The van der Waals surface area contributed by atoms with Gasteiger partial charge < -0.3 is 16.0 Å². The first-order chi connectivity index (χ1) is 15.3. The summed E-state index contributed by atoms with van der Waals surface area (Å²) in [5, 5.41) is 8.00. The average Bonchev–Trinajstić information content (AvgIpc) is 2.75. The van der Waals surface area contributed by atoms with Gasteiger partial charge in [0.15, 0.2) is 5.78 Å².